The molecule has 2 bridgehead atoms. The molecule has 0 radical (unpaired) electrons. The van der Waals surface area contributed by atoms with E-state index in [1.54, 1.807) is 0 Å². The first-order valence-electron chi connectivity index (χ1n) is 13.2. The number of nitrogens with one attached hydrogen (secondary N) is 1. The Balaban J connectivity index is 1.56. The summed E-state index contributed by atoms with van der Waals surface area (Å²) >= 11 is 0. The van der Waals surface area contributed by atoms with Gasteiger partial charge in [-0.1, -0.05) is 27.2 Å². The van der Waals surface area contributed by atoms with Crippen molar-refractivity contribution in [2.75, 3.05) is 13.7 Å². The lowest BCUT2D eigenvalue weighted by Gasteiger charge is -2.64. The van der Waals surface area contributed by atoms with Crippen LogP contribution in [0, 0.1) is 33.5 Å². The van der Waals surface area contributed by atoms with Crippen LogP contribution in [0.1, 0.15) is 97.8 Å². The van der Waals surface area contributed by atoms with Gasteiger partial charge in [-0.2, -0.15) is 0 Å². The van der Waals surface area contributed by atoms with Gasteiger partial charge in [-0.25, -0.2) is 4.79 Å². The molecule has 0 unspecified atom stereocenters. The third-order valence-corrected chi connectivity index (χ3v) is 10.6. The molecular formula is C27H44N2O4. The van der Waals surface area contributed by atoms with E-state index in [1.807, 2.05) is 0 Å². The van der Waals surface area contributed by atoms with Gasteiger partial charge >= 0.3 is 5.97 Å². The van der Waals surface area contributed by atoms with Crippen LogP contribution in [0.5, 0.6) is 0 Å². The van der Waals surface area contributed by atoms with E-state index in [-0.39, 0.29) is 34.0 Å². The standard InChI is InChI=1S/C27H44N2O4/c1-24-13-9-20-25(2)11-7-12-26(3,19(25)10-14-27(20,17-24)16-21(24)30)23(32)29-18(22(31)33-4)8-5-6-15-28/h18-20H,5-17,28H2,1-4H3,(H,29,32)/t18-,19-,20-,24-,25+,26+,27-/m0/s1. The Labute approximate surface area is 199 Å². The zero-order valence-corrected chi connectivity index (χ0v) is 21.1. The van der Waals surface area contributed by atoms with E-state index in [0.717, 1.165) is 70.6 Å². The topological polar surface area (TPSA) is 98.5 Å². The Morgan fingerprint density at radius 1 is 1.09 bits per heavy atom. The van der Waals surface area contributed by atoms with Gasteiger partial charge < -0.3 is 15.8 Å². The number of ketones is 1. The molecule has 0 saturated heterocycles. The van der Waals surface area contributed by atoms with Crippen LogP contribution in [-0.4, -0.2) is 37.4 Å². The fourth-order valence-electron chi connectivity index (χ4n) is 8.98. The van der Waals surface area contributed by atoms with Gasteiger partial charge in [0.1, 0.15) is 11.8 Å². The Bertz CT molecular complexity index is 814. The number of carbonyl (C=O) groups is 3. The quantitative estimate of drug-likeness (QED) is 0.439. The second kappa shape index (κ2) is 8.66. The molecule has 1 spiro atoms. The van der Waals surface area contributed by atoms with Crippen molar-refractivity contribution in [3.63, 3.8) is 0 Å². The lowest BCUT2D eigenvalue weighted by molar-refractivity contribution is -0.171. The minimum atomic E-state index is -0.614. The monoisotopic (exact) mass is 460 g/mol. The number of methoxy groups -OCH3 is 1. The van der Waals surface area contributed by atoms with Crippen molar-refractivity contribution in [3.05, 3.63) is 0 Å². The van der Waals surface area contributed by atoms with E-state index in [0.29, 0.717) is 24.7 Å². The summed E-state index contributed by atoms with van der Waals surface area (Å²) < 4.78 is 5.00. The Morgan fingerprint density at radius 3 is 2.52 bits per heavy atom. The minimum Gasteiger partial charge on any atom is -0.467 e. The van der Waals surface area contributed by atoms with Crippen molar-refractivity contribution in [3.8, 4) is 0 Å². The van der Waals surface area contributed by atoms with Crippen molar-refractivity contribution >= 4 is 17.7 Å². The first kappa shape index (κ1) is 24.7. The lowest BCUT2D eigenvalue weighted by Crippen LogP contribution is -2.61. The average molecular weight is 461 g/mol. The number of rotatable bonds is 7. The van der Waals surface area contributed by atoms with Crippen LogP contribution < -0.4 is 11.1 Å². The molecule has 4 fully saturated rings. The highest BCUT2D eigenvalue weighted by Gasteiger charge is 2.68. The number of carbonyl (C=O) groups excluding carboxylic acids is 3. The summed E-state index contributed by atoms with van der Waals surface area (Å²) in [4.78, 5) is 39.1. The molecule has 0 aromatic carbocycles. The SMILES string of the molecule is COC(=O)[C@H](CCCCN)NC(=O)[C@]1(C)CCC[C@@]2(C)[C@@H]3CC[C@@]4(C)C[C@]3(CC[C@@H]21)CC4=O. The van der Waals surface area contributed by atoms with E-state index >= 15 is 0 Å². The summed E-state index contributed by atoms with van der Waals surface area (Å²) in [6.45, 7) is 7.30. The van der Waals surface area contributed by atoms with E-state index in [2.05, 4.69) is 26.1 Å². The number of esters is 1. The van der Waals surface area contributed by atoms with Gasteiger partial charge in [0.25, 0.3) is 0 Å². The maximum absolute atomic E-state index is 13.8. The maximum Gasteiger partial charge on any atom is 0.328 e. The molecule has 4 saturated carbocycles. The third-order valence-electron chi connectivity index (χ3n) is 10.6. The molecule has 33 heavy (non-hydrogen) atoms. The first-order chi connectivity index (χ1) is 15.5. The second-order valence-corrected chi connectivity index (χ2v) is 12.5. The molecule has 7 atom stereocenters. The minimum absolute atomic E-state index is 0.000620. The van der Waals surface area contributed by atoms with Crippen LogP contribution in [0.25, 0.3) is 0 Å². The van der Waals surface area contributed by atoms with Gasteiger partial charge in [-0.3, -0.25) is 9.59 Å². The van der Waals surface area contributed by atoms with Crippen LogP contribution >= 0.6 is 0 Å². The van der Waals surface area contributed by atoms with Gasteiger partial charge in [-0.05, 0) is 93.4 Å². The van der Waals surface area contributed by atoms with Gasteiger partial charge in [0.05, 0.1) is 7.11 Å². The number of ether oxygens (including phenoxy) is 1. The van der Waals surface area contributed by atoms with Crippen molar-refractivity contribution in [2.45, 2.75) is 104 Å². The molecule has 0 aromatic rings. The predicted molar refractivity (Wildman–Crippen MR) is 127 cm³/mol. The van der Waals surface area contributed by atoms with E-state index in [4.69, 9.17) is 10.5 Å². The summed E-state index contributed by atoms with van der Waals surface area (Å²) in [5, 5.41) is 3.10. The van der Waals surface area contributed by atoms with Crippen LogP contribution in [-0.2, 0) is 19.1 Å². The molecule has 186 valence electrons. The molecule has 4 aliphatic carbocycles. The van der Waals surface area contributed by atoms with Gasteiger partial charge in [-0.15, -0.1) is 0 Å². The highest BCUT2D eigenvalue weighted by Crippen LogP contribution is 2.72. The highest BCUT2D eigenvalue weighted by molar-refractivity contribution is 5.89. The van der Waals surface area contributed by atoms with Gasteiger partial charge in [0.15, 0.2) is 0 Å². The van der Waals surface area contributed by atoms with E-state index < -0.39 is 11.5 Å². The summed E-state index contributed by atoms with van der Waals surface area (Å²) in [7, 11) is 1.38. The second-order valence-electron chi connectivity index (χ2n) is 12.5. The molecule has 0 aromatic heterocycles. The molecule has 1 amide bonds. The van der Waals surface area contributed by atoms with Crippen molar-refractivity contribution in [2.24, 2.45) is 39.2 Å². The molecule has 6 nitrogen and oxygen atoms in total. The van der Waals surface area contributed by atoms with Crippen molar-refractivity contribution in [1.29, 1.82) is 0 Å². The van der Waals surface area contributed by atoms with Gasteiger partial charge in [0, 0.05) is 17.3 Å². The number of nitrogens with two attached hydrogens (primary N) is 1. The molecule has 0 heterocycles. The fourth-order valence-corrected chi connectivity index (χ4v) is 8.98. The highest BCUT2D eigenvalue weighted by atomic mass is 16.5. The Hall–Kier alpha value is -1.43. The third kappa shape index (κ3) is 3.84. The molecule has 3 N–H and O–H groups in total. The largest absolute Gasteiger partial charge is 0.467 e. The van der Waals surface area contributed by atoms with Crippen LogP contribution in [0.15, 0.2) is 0 Å². The number of hydrogen-bond acceptors (Lipinski definition) is 5. The van der Waals surface area contributed by atoms with Crippen LogP contribution in [0.4, 0.5) is 0 Å². The van der Waals surface area contributed by atoms with Crippen molar-refractivity contribution in [1.82, 2.24) is 5.32 Å². The molecule has 6 heteroatoms. The fraction of sp³-hybridized carbons (Fsp3) is 0.889. The van der Waals surface area contributed by atoms with Crippen LogP contribution in [0.3, 0.4) is 0 Å². The van der Waals surface area contributed by atoms with E-state index in [1.165, 1.54) is 7.11 Å². The number of fused-ring (bicyclic) bond motifs is 3. The average Bonchev–Trinajstić information content (AvgIpc) is 2.95. The molecular weight excluding hydrogens is 416 g/mol. The summed E-state index contributed by atoms with van der Waals surface area (Å²) in [5.74, 6) is 0.886. The number of unbranched alkanes of at least 4 members (excludes halogenated alkanes) is 1. The zero-order chi connectivity index (χ0) is 24.1. The Kier molecular flexibility index (Phi) is 6.48. The molecule has 4 aliphatic rings. The summed E-state index contributed by atoms with van der Waals surface area (Å²) in [6, 6.07) is -0.614. The maximum atomic E-state index is 13.8. The van der Waals surface area contributed by atoms with Gasteiger partial charge in [0.2, 0.25) is 5.91 Å². The number of amides is 1. The van der Waals surface area contributed by atoms with Crippen molar-refractivity contribution < 1.29 is 19.1 Å². The summed E-state index contributed by atoms with van der Waals surface area (Å²) in [6.07, 6.45) is 11.1. The van der Waals surface area contributed by atoms with Crippen LogP contribution in [0.2, 0.25) is 0 Å². The summed E-state index contributed by atoms with van der Waals surface area (Å²) in [5.41, 5.74) is 5.20. The Morgan fingerprint density at radius 2 is 1.82 bits per heavy atom. The predicted octanol–water partition coefficient (Wildman–Crippen LogP) is 4.15. The smallest absolute Gasteiger partial charge is 0.328 e. The number of Topliss-reactive ketones (excluding diaryl/α,β-unsaturated/α-hetero) is 1. The first-order valence-corrected chi connectivity index (χ1v) is 13.2. The zero-order valence-electron chi connectivity index (χ0n) is 21.1. The normalized spacial score (nSPS) is 42.8. The lowest BCUT2D eigenvalue weighted by atomic mass is 9.40. The molecule has 0 aliphatic heterocycles. The number of hydrogen-bond donors (Lipinski definition) is 2. The van der Waals surface area contributed by atoms with E-state index in [9.17, 15) is 14.4 Å². The molecule has 4 rings (SSSR count).